The summed E-state index contributed by atoms with van der Waals surface area (Å²) in [6.45, 7) is 4.03. The smallest absolute Gasteiger partial charge is 0.244 e. The third-order valence-electron chi connectivity index (χ3n) is 6.55. The monoisotopic (exact) mass is 633 g/mol. The molecule has 0 aliphatic carbocycles. The van der Waals surface area contributed by atoms with Crippen molar-refractivity contribution in [3.8, 4) is 5.75 Å². The van der Waals surface area contributed by atoms with Gasteiger partial charge in [0.1, 0.15) is 18.3 Å². The number of rotatable bonds is 15. The Balaban J connectivity index is 2.08. The van der Waals surface area contributed by atoms with E-state index in [1.165, 1.54) is 4.90 Å². The molecule has 42 heavy (non-hydrogen) atoms. The van der Waals surface area contributed by atoms with Crippen molar-refractivity contribution in [1.29, 1.82) is 0 Å². The molecule has 8 nitrogen and oxygen atoms in total. The van der Waals surface area contributed by atoms with E-state index in [1.807, 2.05) is 37.3 Å². The van der Waals surface area contributed by atoms with Crippen LogP contribution in [0.4, 0.5) is 5.69 Å². The van der Waals surface area contributed by atoms with Crippen molar-refractivity contribution in [3.05, 3.63) is 94.0 Å². The molecule has 226 valence electrons. The first-order valence-electron chi connectivity index (χ1n) is 13.8. The number of sulfonamides is 1. The van der Waals surface area contributed by atoms with Crippen LogP contribution in [-0.4, -0.2) is 57.1 Å². The largest absolute Gasteiger partial charge is 0.492 e. The Labute approximate surface area is 258 Å². The van der Waals surface area contributed by atoms with E-state index < -0.39 is 28.5 Å². The minimum Gasteiger partial charge on any atom is -0.492 e. The number of amides is 2. The summed E-state index contributed by atoms with van der Waals surface area (Å²) in [5.74, 6) is -0.571. The van der Waals surface area contributed by atoms with E-state index in [9.17, 15) is 18.0 Å². The number of carbonyl (C=O) groups is 2. The molecule has 0 radical (unpaired) electrons. The van der Waals surface area contributed by atoms with Gasteiger partial charge in [-0.25, -0.2) is 8.42 Å². The SMILES string of the molecule is CCCCNC(=O)[C@H](Cc1ccccc1)N(Cc1ccc(Cl)c(Cl)c1)C(=O)CN(c1ccccc1OCC)S(C)(=O)=O. The number of para-hydroxylation sites is 2. The zero-order chi connectivity index (χ0) is 30.7. The van der Waals surface area contributed by atoms with Crippen molar-refractivity contribution in [2.75, 3.05) is 30.3 Å². The van der Waals surface area contributed by atoms with Crippen molar-refractivity contribution in [3.63, 3.8) is 0 Å². The first-order valence-corrected chi connectivity index (χ1v) is 16.4. The van der Waals surface area contributed by atoms with Crippen molar-refractivity contribution in [2.24, 2.45) is 0 Å². The van der Waals surface area contributed by atoms with Crippen LogP contribution in [0.2, 0.25) is 10.0 Å². The fourth-order valence-corrected chi connectivity index (χ4v) is 5.60. The van der Waals surface area contributed by atoms with Gasteiger partial charge in [-0.15, -0.1) is 0 Å². The quantitative estimate of drug-likeness (QED) is 0.216. The lowest BCUT2D eigenvalue weighted by Crippen LogP contribution is -2.53. The van der Waals surface area contributed by atoms with E-state index in [1.54, 1.807) is 49.4 Å². The van der Waals surface area contributed by atoms with Crippen LogP contribution in [0, 0.1) is 0 Å². The number of hydrogen-bond donors (Lipinski definition) is 1. The van der Waals surface area contributed by atoms with Crippen LogP contribution in [0.5, 0.6) is 5.75 Å². The summed E-state index contributed by atoms with van der Waals surface area (Å²) in [5.41, 5.74) is 1.72. The molecule has 2 amide bonds. The van der Waals surface area contributed by atoms with Gasteiger partial charge < -0.3 is 15.0 Å². The second kappa shape index (κ2) is 15.8. The average Bonchev–Trinajstić information content (AvgIpc) is 2.96. The highest BCUT2D eigenvalue weighted by molar-refractivity contribution is 7.92. The average molecular weight is 635 g/mol. The lowest BCUT2D eigenvalue weighted by atomic mass is 10.0. The molecule has 3 aromatic carbocycles. The second-order valence-corrected chi connectivity index (χ2v) is 12.5. The molecule has 0 fully saturated rings. The van der Waals surface area contributed by atoms with Gasteiger partial charge in [-0.05, 0) is 48.7 Å². The topological polar surface area (TPSA) is 96.0 Å². The Bertz CT molecular complexity index is 1450. The Kier molecular flexibility index (Phi) is 12.5. The first-order chi connectivity index (χ1) is 20.0. The van der Waals surface area contributed by atoms with Gasteiger partial charge in [0.25, 0.3) is 0 Å². The number of halogens is 2. The van der Waals surface area contributed by atoms with Gasteiger partial charge in [0.15, 0.2) is 0 Å². The van der Waals surface area contributed by atoms with Crippen LogP contribution in [0.1, 0.15) is 37.8 Å². The highest BCUT2D eigenvalue weighted by atomic mass is 35.5. The molecule has 3 rings (SSSR count). The number of nitrogens with zero attached hydrogens (tertiary/aromatic N) is 2. The highest BCUT2D eigenvalue weighted by Gasteiger charge is 2.33. The van der Waals surface area contributed by atoms with Gasteiger partial charge in [-0.1, -0.05) is 85.1 Å². The molecule has 0 aromatic heterocycles. The molecule has 0 saturated heterocycles. The zero-order valence-electron chi connectivity index (χ0n) is 24.1. The predicted molar refractivity (Wildman–Crippen MR) is 169 cm³/mol. The summed E-state index contributed by atoms with van der Waals surface area (Å²) in [7, 11) is -3.93. The standard InChI is InChI=1S/C31H37Cl2N3O5S/c1-4-6-18-34-31(38)28(20-23-12-8-7-9-13-23)35(21-24-16-17-25(32)26(33)19-24)30(37)22-36(42(3,39)40)27-14-10-11-15-29(27)41-5-2/h7-17,19,28H,4-6,18,20-22H2,1-3H3,(H,34,38)/t28-/m0/s1. The van der Waals surface area contributed by atoms with Crippen LogP contribution in [-0.2, 0) is 32.6 Å². The maximum Gasteiger partial charge on any atom is 0.244 e. The second-order valence-electron chi connectivity index (χ2n) is 9.79. The number of nitrogens with one attached hydrogen (secondary N) is 1. The van der Waals surface area contributed by atoms with E-state index in [4.69, 9.17) is 27.9 Å². The summed E-state index contributed by atoms with van der Waals surface area (Å²) in [6.07, 6.45) is 2.92. The van der Waals surface area contributed by atoms with Gasteiger partial charge >= 0.3 is 0 Å². The zero-order valence-corrected chi connectivity index (χ0v) is 26.4. The van der Waals surface area contributed by atoms with E-state index >= 15 is 0 Å². The maximum absolute atomic E-state index is 14.2. The van der Waals surface area contributed by atoms with Gasteiger partial charge in [-0.2, -0.15) is 0 Å². The van der Waals surface area contributed by atoms with Crippen molar-refractivity contribution in [1.82, 2.24) is 10.2 Å². The van der Waals surface area contributed by atoms with Crippen LogP contribution in [0.15, 0.2) is 72.8 Å². The lowest BCUT2D eigenvalue weighted by Gasteiger charge is -2.34. The number of carbonyl (C=O) groups excluding carboxylic acids is 2. The van der Waals surface area contributed by atoms with E-state index in [0.717, 1.165) is 29.0 Å². The third kappa shape index (κ3) is 9.37. The summed E-state index contributed by atoms with van der Waals surface area (Å²) in [4.78, 5) is 29.3. The molecule has 3 aromatic rings. The fourth-order valence-electron chi connectivity index (χ4n) is 4.43. The fraction of sp³-hybridized carbons (Fsp3) is 0.355. The van der Waals surface area contributed by atoms with E-state index in [-0.39, 0.29) is 24.6 Å². The van der Waals surface area contributed by atoms with Crippen LogP contribution < -0.4 is 14.4 Å². The molecule has 0 unspecified atom stereocenters. The molecule has 1 atom stereocenters. The number of benzene rings is 3. The summed E-state index contributed by atoms with van der Waals surface area (Å²) >= 11 is 12.4. The number of ether oxygens (including phenoxy) is 1. The molecule has 0 aliphatic rings. The van der Waals surface area contributed by atoms with Crippen molar-refractivity contribution < 1.29 is 22.7 Å². The molecule has 0 saturated carbocycles. The molecule has 0 heterocycles. The van der Waals surface area contributed by atoms with Crippen LogP contribution >= 0.6 is 23.2 Å². The van der Waals surface area contributed by atoms with Crippen LogP contribution in [0.3, 0.4) is 0 Å². The van der Waals surface area contributed by atoms with Crippen LogP contribution in [0.25, 0.3) is 0 Å². The molecule has 0 aliphatic heterocycles. The number of unbranched alkanes of at least 4 members (excludes halogenated alkanes) is 1. The molecular weight excluding hydrogens is 597 g/mol. The maximum atomic E-state index is 14.2. The Hall–Kier alpha value is -3.27. The lowest BCUT2D eigenvalue weighted by molar-refractivity contribution is -0.140. The van der Waals surface area contributed by atoms with Gasteiger partial charge in [-0.3, -0.25) is 13.9 Å². The Morgan fingerprint density at radius 3 is 2.26 bits per heavy atom. The van der Waals surface area contributed by atoms with Crippen molar-refractivity contribution in [2.45, 2.75) is 45.7 Å². The minimum absolute atomic E-state index is 0.000864. The Morgan fingerprint density at radius 2 is 1.62 bits per heavy atom. The summed E-state index contributed by atoms with van der Waals surface area (Å²) < 4.78 is 32.8. The Morgan fingerprint density at radius 1 is 0.929 bits per heavy atom. The molecule has 0 bridgehead atoms. The number of anilines is 1. The summed E-state index contributed by atoms with van der Waals surface area (Å²) in [6, 6.07) is 20.0. The normalized spacial score (nSPS) is 11.9. The molecule has 0 spiro atoms. The van der Waals surface area contributed by atoms with Crippen molar-refractivity contribution >= 4 is 50.7 Å². The molecule has 1 N–H and O–H groups in total. The number of hydrogen-bond acceptors (Lipinski definition) is 5. The first kappa shape index (κ1) is 33.2. The van der Waals surface area contributed by atoms with Gasteiger partial charge in [0, 0.05) is 19.5 Å². The van der Waals surface area contributed by atoms with Gasteiger partial charge in [0.05, 0.1) is 28.6 Å². The van der Waals surface area contributed by atoms with E-state index in [0.29, 0.717) is 34.5 Å². The molecular formula is C31H37Cl2N3O5S. The summed E-state index contributed by atoms with van der Waals surface area (Å²) in [5, 5.41) is 3.61. The highest BCUT2D eigenvalue weighted by Crippen LogP contribution is 2.30. The minimum atomic E-state index is -3.93. The van der Waals surface area contributed by atoms with Gasteiger partial charge in [0.2, 0.25) is 21.8 Å². The van der Waals surface area contributed by atoms with E-state index in [2.05, 4.69) is 5.32 Å². The third-order valence-corrected chi connectivity index (χ3v) is 8.42. The predicted octanol–water partition coefficient (Wildman–Crippen LogP) is 5.71. The molecule has 11 heteroatoms.